The molecule has 166 valence electrons. The highest BCUT2D eigenvalue weighted by atomic mass is 35.5. The summed E-state index contributed by atoms with van der Waals surface area (Å²) in [7, 11) is 3.09. The minimum atomic E-state index is -0.375. The van der Waals surface area contributed by atoms with Crippen LogP contribution >= 0.6 is 23.4 Å². The van der Waals surface area contributed by atoms with Crippen LogP contribution in [0.25, 0.3) is 0 Å². The van der Waals surface area contributed by atoms with Gasteiger partial charge in [0.15, 0.2) is 0 Å². The van der Waals surface area contributed by atoms with Gasteiger partial charge in [-0.15, -0.1) is 11.8 Å². The summed E-state index contributed by atoms with van der Waals surface area (Å²) in [6.07, 6.45) is 0. The van der Waals surface area contributed by atoms with Crippen LogP contribution < -0.4 is 20.1 Å². The van der Waals surface area contributed by atoms with E-state index >= 15 is 0 Å². The van der Waals surface area contributed by atoms with Gasteiger partial charge in [-0.05, 0) is 61.5 Å². The molecule has 0 heterocycles. The summed E-state index contributed by atoms with van der Waals surface area (Å²) < 4.78 is 10.3. The van der Waals surface area contributed by atoms with Crippen molar-refractivity contribution in [1.29, 1.82) is 0 Å². The monoisotopic (exact) mass is 470 g/mol. The predicted molar refractivity (Wildman–Crippen MR) is 129 cm³/mol. The lowest BCUT2D eigenvalue weighted by Gasteiger charge is -2.14. The molecule has 0 saturated heterocycles. The van der Waals surface area contributed by atoms with E-state index < -0.39 is 0 Å². The lowest BCUT2D eigenvalue weighted by Crippen LogP contribution is -2.22. The Bertz CT molecular complexity index is 1120. The van der Waals surface area contributed by atoms with Gasteiger partial charge in [0.05, 0.1) is 24.5 Å². The molecule has 3 aromatic carbocycles. The van der Waals surface area contributed by atoms with Crippen molar-refractivity contribution in [3.63, 3.8) is 0 Å². The molecular weight excluding hydrogens is 448 g/mol. The van der Waals surface area contributed by atoms with Crippen LogP contribution in [0.15, 0.2) is 71.6 Å². The summed E-state index contributed by atoms with van der Waals surface area (Å²) in [5.74, 6) is 0.745. The Kier molecular flexibility index (Phi) is 8.03. The minimum absolute atomic E-state index is 0.165. The average Bonchev–Trinajstić information content (AvgIpc) is 2.79. The van der Waals surface area contributed by atoms with Gasteiger partial charge in [0.1, 0.15) is 11.5 Å². The number of anilines is 2. The van der Waals surface area contributed by atoms with Crippen LogP contribution in [0.3, 0.4) is 0 Å². The molecular formula is C24H23ClN2O4S. The van der Waals surface area contributed by atoms with Crippen LogP contribution in [0.2, 0.25) is 5.02 Å². The quantitative estimate of drug-likeness (QED) is 0.411. The molecule has 0 radical (unpaired) electrons. The van der Waals surface area contributed by atoms with Crippen LogP contribution in [0, 0.1) is 0 Å². The molecule has 1 atom stereocenters. The Morgan fingerprint density at radius 2 is 1.66 bits per heavy atom. The number of halogens is 1. The lowest BCUT2D eigenvalue weighted by molar-refractivity contribution is -0.115. The molecule has 8 heteroatoms. The number of carbonyl (C=O) groups excluding carboxylic acids is 2. The highest BCUT2D eigenvalue weighted by molar-refractivity contribution is 8.00. The van der Waals surface area contributed by atoms with E-state index in [0.29, 0.717) is 33.5 Å². The maximum atomic E-state index is 12.6. The van der Waals surface area contributed by atoms with Gasteiger partial charge in [-0.25, -0.2) is 0 Å². The van der Waals surface area contributed by atoms with Gasteiger partial charge in [0, 0.05) is 21.8 Å². The minimum Gasteiger partial charge on any atom is -0.497 e. The molecule has 2 amide bonds. The molecule has 2 N–H and O–H groups in total. The first kappa shape index (κ1) is 23.5. The summed E-state index contributed by atoms with van der Waals surface area (Å²) in [6, 6.07) is 19.3. The molecule has 3 rings (SSSR count). The summed E-state index contributed by atoms with van der Waals surface area (Å²) in [5.41, 5.74) is 1.72. The number of methoxy groups -OCH3 is 2. The molecule has 0 fully saturated rings. The van der Waals surface area contributed by atoms with Crippen molar-refractivity contribution in [2.75, 3.05) is 24.9 Å². The predicted octanol–water partition coefficient (Wildman–Crippen LogP) is 5.73. The molecule has 0 aliphatic carbocycles. The fourth-order valence-corrected chi connectivity index (χ4v) is 4.04. The molecule has 1 unspecified atom stereocenters. The number of thioether (sulfide) groups is 1. The number of amides is 2. The number of ether oxygens (including phenoxy) is 2. The smallest absolute Gasteiger partial charge is 0.255 e. The van der Waals surface area contributed by atoms with Gasteiger partial charge >= 0.3 is 0 Å². The standard InChI is InChI=1S/C24H23ClN2O4S/c1-15(23(28)26-18-10-11-22(31-3)21(25)14-18)32-20-9-5-7-17(13-20)27-24(29)16-6-4-8-19(12-16)30-2/h4-15H,1-3H3,(H,26,28)(H,27,29). The molecule has 6 nitrogen and oxygen atoms in total. The second-order valence-corrected chi connectivity index (χ2v) is 8.63. The van der Waals surface area contributed by atoms with Gasteiger partial charge < -0.3 is 20.1 Å². The maximum absolute atomic E-state index is 12.6. The SMILES string of the molecule is COc1cccc(C(=O)Nc2cccc(SC(C)C(=O)Nc3ccc(OC)c(Cl)c3)c2)c1. The van der Waals surface area contributed by atoms with Crippen molar-refractivity contribution in [2.45, 2.75) is 17.1 Å². The molecule has 0 aromatic heterocycles. The highest BCUT2D eigenvalue weighted by Gasteiger charge is 2.16. The third-order valence-corrected chi connectivity index (χ3v) is 5.91. The van der Waals surface area contributed by atoms with E-state index in [1.807, 2.05) is 25.1 Å². The third kappa shape index (κ3) is 6.18. The summed E-state index contributed by atoms with van der Waals surface area (Å²) in [4.78, 5) is 26.0. The Hall–Kier alpha value is -3.16. The van der Waals surface area contributed by atoms with Crippen molar-refractivity contribution in [3.05, 3.63) is 77.3 Å². The average molecular weight is 471 g/mol. The molecule has 0 bridgehead atoms. The van der Waals surface area contributed by atoms with Gasteiger partial charge in [-0.2, -0.15) is 0 Å². The first-order valence-electron chi connectivity index (χ1n) is 9.76. The zero-order valence-corrected chi connectivity index (χ0v) is 19.4. The van der Waals surface area contributed by atoms with E-state index in [1.165, 1.54) is 18.9 Å². The number of nitrogens with one attached hydrogen (secondary N) is 2. The molecule has 32 heavy (non-hydrogen) atoms. The van der Waals surface area contributed by atoms with E-state index in [1.54, 1.807) is 55.6 Å². The van der Waals surface area contributed by atoms with Gasteiger partial charge in [-0.3, -0.25) is 9.59 Å². The fourth-order valence-electron chi connectivity index (χ4n) is 2.86. The zero-order chi connectivity index (χ0) is 23.1. The molecule has 0 spiro atoms. The fraction of sp³-hybridized carbons (Fsp3) is 0.167. The number of carbonyl (C=O) groups is 2. The first-order valence-corrected chi connectivity index (χ1v) is 11.0. The van der Waals surface area contributed by atoms with Crippen LogP contribution in [-0.2, 0) is 4.79 Å². The Balaban J connectivity index is 1.62. The Labute approximate surface area is 196 Å². The third-order valence-electron chi connectivity index (χ3n) is 4.53. The zero-order valence-electron chi connectivity index (χ0n) is 17.8. The Morgan fingerprint density at radius 3 is 2.38 bits per heavy atom. The number of hydrogen-bond acceptors (Lipinski definition) is 5. The van der Waals surface area contributed by atoms with E-state index in [4.69, 9.17) is 21.1 Å². The van der Waals surface area contributed by atoms with E-state index in [9.17, 15) is 9.59 Å². The topological polar surface area (TPSA) is 76.7 Å². The Morgan fingerprint density at radius 1 is 0.906 bits per heavy atom. The van der Waals surface area contributed by atoms with Crippen molar-refractivity contribution in [2.24, 2.45) is 0 Å². The van der Waals surface area contributed by atoms with Crippen LogP contribution in [0.5, 0.6) is 11.5 Å². The van der Waals surface area contributed by atoms with Gasteiger partial charge in [0.2, 0.25) is 5.91 Å². The van der Waals surface area contributed by atoms with Crippen molar-refractivity contribution in [3.8, 4) is 11.5 Å². The largest absolute Gasteiger partial charge is 0.497 e. The van der Waals surface area contributed by atoms with Crippen molar-refractivity contribution >= 4 is 46.6 Å². The molecule has 0 aliphatic heterocycles. The molecule has 3 aromatic rings. The maximum Gasteiger partial charge on any atom is 0.255 e. The number of benzene rings is 3. The lowest BCUT2D eigenvalue weighted by atomic mass is 10.2. The summed E-state index contributed by atoms with van der Waals surface area (Å²) >= 11 is 7.50. The summed E-state index contributed by atoms with van der Waals surface area (Å²) in [5, 5.41) is 5.77. The number of rotatable bonds is 8. The van der Waals surface area contributed by atoms with Crippen LogP contribution in [-0.4, -0.2) is 31.3 Å². The van der Waals surface area contributed by atoms with E-state index in [2.05, 4.69) is 10.6 Å². The van der Waals surface area contributed by atoms with Crippen LogP contribution in [0.4, 0.5) is 11.4 Å². The van der Waals surface area contributed by atoms with Crippen LogP contribution in [0.1, 0.15) is 17.3 Å². The van der Waals surface area contributed by atoms with Crippen molar-refractivity contribution in [1.82, 2.24) is 0 Å². The molecule has 0 aliphatic rings. The highest BCUT2D eigenvalue weighted by Crippen LogP contribution is 2.29. The van der Waals surface area contributed by atoms with Gasteiger partial charge in [-0.1, -0.05) is 23.7 Å². The first-order chi connectivity index (χ1) is 15.4. The number of hydrogen-bond donors (Lipinski definition) is 2. The van der Waals surface area contributed by atoms with Gasteiger partial charge in [0.25, 0.3) is 5.91 Å². The normalized spacial score (nSPS) is 11.4. The second kappa shape index (κ2) is 10.9. The molecule has 0 saturated carbocycles. The van der Waals surface area contributed by atoms with E-state index in [0.717, 1.165) is 4.90 Å². The van der Waals surface area contributed by atoms with E-state index in [-0.39, 0.29) is 17.1 Å². The van der Waals surface area contributed by atoms with Crippen molar-refractivity contribution < 1.29 is 19.1 Å². The summed E-state index contributed by atoms with van der Waals surface area (Å²) in [6.45, 7) is 1.81. The second-order valence-electron chi connectivity index (χ2n) is 6.81.